The molecule has 21 heavy (non-hydrogen) atoms. The van der Waals surface area contributed by atoms with Gasteiger partial charge in [0.2, 0.25) is 0 Å². The largest absolute Gasteiger partial charge is 0.346 e. The number of amides is 1. The van der Waals surface area contributed by atoms with Gasteiger partial charge in [-0.25, -0.2) is 0 Å². The highest BCUT2D eigenvalue weighted by Crippen LogP contribution is 2.17. The van der Waals surface area contributed by atoms with E-state index >= 15 is 0 Å². The minimum atomic E-state index is -0.494. The highest BCUT2D eigenvalue weighted by molar-refractivity contribution is 9.10. The number of hydrogen-bond acceptors (Lipinski definition) is 3. The Kier molecular flexibility index (Phi) is 4.70. The van der Waals surface area contributed by atoms with Crippen LogP contribution < -0.4 is 5.32 Å². The van der Waals surface area contributed by atoms with Crippen LogP contribution >= 0.6 is 15.9 Å². The van der Waals surface area contributed by atoms with Gasteiger partial charge >= 0.3 is 0 Å². The molecule has 0 radical (unpaired) electrons. The summed E-state index contributed by atoms with van der Waals surface area (Å²) in [4.78, 5) is 22.2. The van der Waals surface area contributed by atoms with Crippen LogP contribution in [-0.4, -0.2) is 10.8 Å². The van der Waals surface area contributed by atoms with Gasteiger partial charge in [-0.3, -0.25) is 14.9 Å². The smallest absolute Gasteiger partial charge is 0.269 e. The van der Waals surface area contributed by atoms with Gasteiger partial charge in [0.05, 0.1) is 11.0 Å². The van der Waals surface area contributed by atoms with Crippen molar-refractivity contribution in [3.63, 3.8) is 0 Å². The quantitative estimate of drug-likeness (QED) is 0.673. The van der Waals surface area contributed by atoms with Crippen LogP contribution in [0.25, 0.3) is 0 Å². The van der Waals surface area contributed by atoms with E-state index in [2.05, 4.69) is 21.2 Å². The number of nitro groups is 1. The molecular weight excluding hydrogens is 336 g/mol. The van der Waals surface area contributed by atoms with Gasteiger partial charge in [-0.15, -0.1) is 0 Å². The predicted octanol–water partition coefficient (Wildman–Crippen LogP) is 3.85. The molecule has 2 aromatic carbocycles. The topological polar surface area (TPSA) is 72.2 Å². The Labute approximate surface area is 130 Å². The van der Waals surface area contributed by atoms with Crippen molar-refractivity contribution < 1.29 is 9.72 Å². The maximum Gasteiger partial charge on any atom is 0.269 e. The molecule has 1 unspecified atom stereocenters. The van der Waals surface area contributed by atoms with Crippen LogP contribution in [0.2, 0.25) is 0 Å². The number of benzene rings is 2. The van der Waals surface area contributed by atoms with E-state index in [0.29, 0.717) is 5.56 Å². The maximum absolute atomic E-state index is 12.1. The number of nitrogens with zero attached hydrogens (tertiary/aromatic N) is 1. The third kappa shape index (κ3) is 3.88. The van der Waals surface area contributed by atoms with Crippen molar-refractivity contribution in [2.75, 3.05) is 0 Å². The van der Waals surface area contributed by atoms with Crippen LogP contribution in [0, 0.1) is 10.1 Å². The van der Waals surface area contributed by atoms with E-state index in [1.165, 1.54) is 24.3 Å². The lowest BCUT2D eigenvalue weighted by atomic mass is 10.1. The summed E-state index contributed by atoms with van der Waals surface area (Å²) in [6.07, 6.45) is 0. The van der Waals surface area contributed by atoms with Gasteiger partial charge < -0.3 is 5.32 Å². The van der Waals surface area contributed by atoms with E-state index in [1.807, 2.05) is 31.2 Å². The van der Waals surface area contributed by atoms with Gasteiger partial charge in [-0.2, -0.15) is 0 Å². The minimum absolute atomic E-state index is 0.0347. The second kappa shape index (κ2) is 6.49. The summed E-state index contributed by atoms with van der Waals surface area (Å²) in [7, 11) is 0. The Hall–Kier alpha value is -2.21. The first kappa shape index (κ1) is 15.2. The Morgan fingerprint density at radius 3 is 2.24 bits per heavy atom. The van der Waals surface area contributed by atoms with Crippen LogP contribution in [0.5, 0.6) is 0 Å². The second-order valence-corrected chi connectivity index (χ2v) is 5.47. The first-order valence-corrected chi connectivity index (χ1v) is 7.07. The van der Waals surface area contributed by atoms with E-state index in [1.54, 1.807) is 0 Å². The minimum Gasteiger partial charge on any atom is -0.346 e. The highest BCUT2D eigenvalue weighted by Gasteiger charge is 2.13. The molecule has 0 saturated carbocycles. The van der Waals surface area contributed by atoms with Gasteiger partial charge in [-0.05, 0) is 36.8 Å². The van der Waals surface area contributed by atoms with Crippen molar-refractivity contribution >= 4 is 27.5 Å². The zero-order valence-electron chi connectivity index (χ0n) is 11.2. The molecule has 0 heterocycles. The fourth-order valence-corrected chi connectivity index (χ4v) is 2.11. The molecule has 5 nitrogen and oxygen atoms in total. The lowest BCUT2D eigenvalue weighted by Gasteiger charge is -2.14. The van der Waals surface area contributed by atoms with Gasteiger partial charge in [0, 0.05) is 22.2 Å². The third-order valence-corrected chi connectivity index (χ3v) is 3.59. The van der Waals surface area contributed by atoms with Crippen LogP contribution in [0.3, 0.4) is 0 Å². The van der Waals surface area contributed by atoms with Gasteiger partial charge in [-0.1, -0.05) is 28.1 Å². The lowest BCUT2D eigenvalue weighted by molar-refractivity contribution is -0.384. The third-order valence-electron chi connectivity index (χ3n) is 3.06. The molecule has 0 aliphatic rings. The maximum atomic E-state index is 12.1. The van der Waals surface area contributed by atoms with Crippen LogP contribution in [-0.2, 0) is 0 Å². The summed E-state index contributed by atoms with van der Waals surface area (Å²) in [5.74, 6) is -0.264. The number of carbonyl (C=O) groups excluding carboxylic acids is 1. The molecular formula is C15H13BrN2O3. The summed E-state index contributed by atoms with van der Waals surface area (Å²) >= 11 is 3.36. The van der Waals surface area contributed by atoms with Gasteiger partial charge in [0.15, 0.2) is 0 Å². The number of nitro benzene ring substituents is 1. The SMILES string of the molecule is CC(NC(=O)c1ccc([N+](=O)[O-])cc1)c1ccc(Br)cc1. The Morgan fingerprint density at radius 1 is 1.14 bits per heavy atom. The molecule has 1 atom stereocenters. The second-order valence-electron chi connectivity index (χ2n) is 4.55. The van der Waals surface area contributed by atoms with Crippen molar-refractivity contribution in [3.8, 4) is 0 Å². The van der Waals surface area contributed by atoms with E-state index in [0.717, 1.165) is 10.0 Å². The number of non-ortho nitro benzene ring substituents is 1. The average Bonchev–Trinajstić information content (AvgIpc) is 2.47. The molecule has 1 N–H and O–H groups in total. The first-order chi connectivity index (χ1) is 9.97. The molecule has 0 aliphatic heterocycles. The predicted molar refractivity (Wildman–Crippen MR) is 83.1 cm³/mol. The van der Waals surface area contributed by atoms with E-state index in [4.69, 9.17) is 0 Å². The molecule has 0 fully saturated rings. The van der Waals surface area contributed by atoms with E-state index in [9.17, 15) is 14.9 Å². The first-order valence-electron chi connectivity index (χ1n) is 6.28. The van der Waals surface area contributed by atoms with Gasteiger partial charge in [0.1, 0.15) is 0 Å². The molecule has 108 valence electrons. The zero-order chi connectivity index (χ0) is 15.4. The number of halogens is 1. The molecule has 1 amide bonds. The van der Waals surface area contributed by atoms with Crippen LogP contribution in [0.15, 0.2) is 53.0 Å². The molecule has 0 spiro atoms. The molecule has 6 heteroatoms. The van der Waals surface area contributed by atoms with Crippen LogP contribution in [0.4, 0.5) is 5.69 Å². The number of carbonyl (C=O) groups is 1. The molecule has 0 bridgehead atoms. The summed E-state index contributed by atoms with van der Waals surface area (Å²) in [6, 6.07) is 13.0. The monoisotopic (exact) mass is 348 g/mol. The number of rotatable bonds is 4. The fourth-order valence-electron chi connectivity index (χ4n) is 1.85. The van der Waals surface area contributed by atoms with Crippen molar-refractivity contribution in [2.45, 2.75) is 13.0 Å². The normalized spacial score (nSPS) is 11.7. The molecule has 0 aromatic heterocycles. The zero-order valence-corrected chi connectivity index (χ0v) is 12.8. The van der Waals surface area contributed by atoms with Crippen molar-refractivity contribution in [2.24, 2.45) is 0 Å². The van der Waals surface area contributed by atoms with Gasteiger partial charge in [0.25, 0.3) is 11.6 Å². The average molecular weight is 349 g/mol. The van der Waals surface area contributed by atoms with E-state index in [-0.39, 0.29) is 17.6 Å². The number of nitrogens with one attached hydrogen (secondary N) is 1. The summed E-state index contributed by atoms with van der Waals surface area (Å²) in [5.41, 5.74) is 1.34. The van der Waals surface area contributed by atoms with Crippen molar-refractivity contribution in [1.29, 1.82) is 0 Å². The molecule has 2 aromatic rings. The Morgan fingerprint density at radius 2 is 1.71 bits per heavy atom. The molecule has 0 saturated heterocycles. The lowest BCUT2D eigenvalue weighted by Crippen LogP contribution is -2.26. The summed E-state index contributed by atoms with van der Waals surface area (Å²) in [6.45, 7) is 1.88. The highest BCUT2D eigenvalue weighted by atomic mass is 79.9. The molecule has 2 rings (SSSR count). The van der Waals surface area contributed by atoms with Crippen LogP contribution in [0.1, 0.15) is 28.9 Å². The standard InChI is InChI=1S/C15H13BrN2O3/c1-10(11-2-6-13(16)7-3-11)17-15(19)12-4-8-14(9-5-12)18(20)21/h2-10H,1H3,(H,17,19). The van der Waals surface area contributed by atoms with Crippen molar-refractivity contribution in [3.05, 3.63) is 74.2 Å². The molecule has 0 aliphatic carbocycles. The fraction of sp³-hybridized carbons (Fsp3) is 0.133. The van der Waals surface area contributed by atoms with E-state index < -0.39 is 4.92 Å². The summed E-state index contributed by atoms with van der Waals surface area (Å²) in [5, 5.41) is 13.4. The summed E-state index contributed by atoms with van der Waals surface area (Å²) < 4.78 is 0.972. The Bertz CT molecular complexity index is 654. The van der Waals surface area contributed by atoms with Crippen molar-refractivity contribution in [1.82, 2.24) is 5.32 Å². The number of hydrogen-bond donors (Lipinski definition) is 1. The Balaban J connectivity index is 2.06.